The molecule has 1 N–H and O–H groups in total. The molecule has 5 heteroatoms. The third-order valence-electron chi connectivity index (χ3n) is 3.77. The fourth-order valence-electron chi connectivity index (χ4n) is 2.42. The molecule has 0 bridgehead atoms. The van der Waals surface area contributed by atoms with Crippen molar-refractivity contribution in [1.29, 1.82) is 0 Å². The summed E-state index contributed by atoms with van der Waals surface area (Å²) < 4.78 is 29.5. The third kappa shape index (κ3) is 14.3. The molecule has 0 saturated heterocycles. The van der Waals surface area contributed by atoms with Crippen molar-refractivity contribution >= 4 is 15.2 Å². The van der Waals surface area contributed by atoms with Crippen molar-refractivity contribution in [1.82, 2.24) is 0 Å². The molecule has 0 amide bonds. The summed E-state index contributed by atoms with van der Waals surface area (Å²) in [4.78, 5) is 10.9. The molecule has 0 aromatic carbocycles. The molecule has 0 aliphatic rings. The summed E-state index contributed by atoms with van der Waals surface area (Å²) in [6.45, 7) is 2.23. The molecule has 0 aromatic rings. The van der Waals surface area contributed by atoms with Gasteiger partial charge in [0, 0.05) is 6.42 Å². The molecular weight excluding hydrogens is 288 g/mol. The van der Waals surface area contributed by atoms with Crippen LogP contribution >= 0.6 is 0 Å². The van der Waals surface area contributed by atoms with Gasteiger partial charge in [-0.2, -0.15) is 8.42 Å². The number of rotatable bonds is 14. The summed E-state index contributed by atoms with van der Waals surface area (Å²) in [5.41, 5.74) is 0. The van der Waals surface area contributed by atoms with Crippen molar-refractivity contribution in [3.05, 3.63) is 0 Å². The van der Waals surface area contributed by atoms with Crippen LogP contribution in [0.5, 0.6) is 0 Å². The van der Waals surface area contributed by atoms with Gasteiger partial charge >= 0.3 is 10.1 Å². The monoisotopic (exact) mass is 320 g/mol. The Balaban J connectivity index is 3.18. The lowest BCUT2D eigenvalue weighted by atomic mass is 10.0. The van der Waals surface area contributed by atoms with Gasteiger partial charge in [0.15, 0.2) is 0 Å². The molecule has 0 unspecified atom stereocenters. The van der Waals surface area contributed by atoms with E-state index in [1.807, 2.05) is 0 Å². The van der Waals surface area contributed by atoms with Gasteiger partial charge in [-0.25, -0.2) is 0 Å². The van der Waals surface area contributed by atoms with Crippen LogP contribution in [-0.4, -0.2) is 18.1 Å². The Kier molecular flexibility index (Phi) is 13.0. The van der Waals surface area contributed by atoms with Gasteiger partial charge in [0.1, 0.15) is 0 Å². The van der Waals surface area contributed by atoms with E-state index in [9.17, 15) is 13.2 Å². The van der Waals surface area contributed by atoms with Crippen molar-refractivity contribution in [2.45, 2.75) is 96.8 Å². The Bertz CT molecular complexity index is 349. The molecule has 0 fully saturated rings. The summed E-state index contributed by atoms with van der Waals surface area (Å²) in [5.74, 6) is 0. The molecule has 0 heterocycles. The first-order valence-corrected chi connectivity index (χ1v) is 9.92. The SMILES string of the molecule is CCCCCCCCCCCCCCCC(=O)S(=O)(=O)O. The zero-order valence-corrected chi connectivity index (χ0v) is 14.3. The minimum atomic E-state index is -4.46. The molecule has 0 atom stereocenters. The molecule has 4 nitrogen and oxygen atoms in total. The standard InChI is InChI=1S/C16H32O4S/c1-2-3-4-5-6-7-8-9-10-11-12-13-14-15-16(17)21(18,19)20/h2-15H2,1H3,(H,18,19,20). The summed E-state index contributed by atoms with van der Waals surface area (Å²) in [6, 6.07) is 0. The average Bonchev–Trinajstić information content (AvgIpc) is 2.42. The first kappa shape index (κ1) is 20.6. The van der Waals surface area contributed by atoms with Crippen LogP contribution in [0, 0.1) is 0 Å². The number of hydrogen-bond acceptors (Lipinski definition) is 3. The smallest absolute Gasteiger partial charge is 0.280 e. The molecular formula is C16H32O4S. The highest BCUT2D eigenvalue weighted by Gasteiger charge is 2.16. The van der Waals surface area contributed by atoms with Gasteiger partial charge in [-0.1, -0.05) is 84.0 Å². The van der Waals surface area contributed by atoms with E-state index in [0.717, 1.165) is 19.3 Å². The summed E-state index contributed by atoms with van der Waals surface area (Å²) in [5, 5.41) is -1.05. The van der Waals surface area contributed by atoms with Crippen molar-refractivity contribution in [2.24, 2.45) is 0 Å². The Morgan fingerprint density at radius 1 is 0.714 bits per heavy atom. The highest BCUT2D eigenvalue weighted by molar-refractivity contribution is 8.01. The predicted octanol–water partition coefficient (Wildman–Crippen LogP) is 4.88. The topological polar surface area (TPSA) is 71.4 Å². The molecule has 0 aromatic heterocycles. The van der Waals surface area contributed by atoms with Crippen molar-refractivity contribution < 1.29 is 17.8 Å². The number of hydrogen-bond donors (Lipinski definition) is 1. The van der Waals surface area contributed by atoms with Crippen LogP contribution in [0.2, 0.25) is 0 Å². The fourth-order valence-corrected chi connectivity index (χ4v) is 2.82. The van der Waals surface area contributed by atoms with Crippen LogP contribution in [0.25, 0.3) is 0 Å². The van der Waals surface area contributed by atoms with Gasteiger partial charge in [-0.05, 0) is 6.42 Å². The number of carbonyl (C=O) groups excluding carboxylic acids is 1. The molecule has 0 aliphatic carbocycles. The van der Waals surface area contributed by atoms with E-state index in [0.29, 0.717) is 6.42 Å². The van der Waals surface area contributed by atoms with E-state index in [2.05, 4.69) is 6.92 Å². The van der Waals surface area contributed by atoms with Gasteiger partial charge < -0.3 is 0 Å². The van der Waals surface area contributed by atoms with E-state index in [1.165, 1.54) is 57.8 Å². The zero-order chi connectivity index (χ0) is 16.0. The van der Waals surface area contributed by atoms with Gasteiger partial charge in [-0.15, -0.1) is 0 Å². The molecule has 126 valence electrons. The highest BCUT2D eigenvalue weighted by Crippen LogP contribution is 2.13. The fraction of sp³-hybridized carbons (Fsp3) is 0.938. The van der Waals surface area contributed by atoms with Crippen LogP contribution in [0.4, 0.5) is 0 Å². The van der Waals surface area contributed by atoms with Crippen LogP contribution in [0.3, 0.4) is 0 Å². The summed E-state index contributed by atoms with van der Waals surface area (Å²) in [7, 11) is -4.46. The van der Waals surface area contributed by atoms with E-state index in [1.54, 1.807) is 0 Å². The van der Waals surface area contributed by atoms with Crippen LogP contribution in [0.1, 0.15) is 96.8 Å². The largest absolute Gasteiger partial charge is 0.328 e. The molecule has 0 spiro atoms. The first-order chi connectivity index (χ1) is 9.98. The second-order valence-corrected chi connectivity index (χ2v) is 7.25. The zero-order valence-electron chi connectivity index (χ0n) is 13.5. The first-order valence-electron chi connectivity index (χ1n) is 8.48. The average molecular weight is 320 g/mol. The normalized spacial score (nSPS) is 11.7. The summed E-state index contributed by atoms with van der Waals surface area (Å²) in [6.07, 6.45) is 15.5. The second kappa shape index (κ2) is 13.3. The lowest BCUT2D eigenvalue weighted by Crippen LogP contribution is -2.12. The minimum Gasteiger partial charge on any atom is -0.280 e. The van der Waals surface area contributed by atoms with Gasteiger partial charge in [-0.3, -0.25) is 9.35 Å². The maximum Gasteiger partial charge on any atom is 0.328 e. The van der Waals surface area contributed by atoms with Gasteiger partial charge in [0.25, 0.3) is 5.12 Å². The Morgan fingerprint density at radius 3 is 1.38 bits per heavy atom. The number of carbonyl (C=O) groups is 1. The van der Waals surface area contributed by atoms with E-state index in [4.69, 9.17) is 4.55 Å². The van der Waals surface area contributed by atoms with E-state index >= 15 is 0 Å². The van der Waals surface area contributed by atoms with Crippen LogP contribution in [-0.2, 0) is 14.9 Å². The van der Waals surface area contributed by atoms with Gasteiger partial charge in [0.05, 0.1) is 0 Å². The highest BCUT2D eigenvalue weighted by atomic mass is 32.2. The van der Waals surface area contributed by atoms with Crippen molar-refractivity contribution in [3.8, 4) is 0 Å². The Morgan fingerprint density at radius 2 is 1.05 bits per heavy atom. The van der Waals surface area contributed by atoms with Crippen molar-refractivity contribution in [2.75, 3.05) is 0 Å². The van der Waals surface area contributed by atoms with Gasteiger partial charge in [0.2, 0.25) is 0 Å². The van der Waals surface area contributed by atoms with Crippen LogP contribution in [0.15, 0.2) is 0 Å². The van der Waals surface area contributed by atoms with Crippen molar-refractivity contribution in [3.63, 3.8) is 0 Å². The minimum absolute atomic E-state index is 0.0589. The third-order valence-corrected chi connectivity index (χ3v) is 4.55. The second-order valence-electron chi connectivity index (χ2n) is 5.84. The molecule has 21 heavy (non-hydrogen) atoms. The predicted molar refractivity (Wildman–Crippen MR) is 86.9 cm³/mol. The lowest BCUT2D eigenvalue weighted by molar-refractivity contribution is -0.112. The molecule has 0 radical (unpaired) electrons. The lowest BCUT2D eigenvalue weighted by Gasteiger charge is -2.02. The Hall–Kier alpha value is -0.420. The summed E-state index contributed by atoms with van der Waals surface area (Å²) >= 11 is 0. The Labute approximate surface area is 130 Å². The quantitative estimate of drug-likeness (QED) is 0.365. The molecule has 0 saturated carbocycles. The molecule has 0 aliphatic heterocycles. The molecule has 0 rings (SSSR count). The number of unbranched alkanes of at least 4 members (excludes halogenated alkanes) is 12. The maximum atomic E-state index is 10.9. The van der Waals surface area contributed by atoms with E-state index in [-0.39, 0.29) is 6.42 Å². The van der Waals surface area contributed by atoms with Crippen LogP contribution < -0.4 is 0 Å². The van der Waals surface area contributed by atoms with E-state index < -0.39 is 15.2 Å². The maximum absolute atomic E-state index is 10.9.